The normalized spacial score (nSPS) is 16.0. The van der Waals surface area contributed by atoms with E-state index in [0.717, 1.165) is 0 Å². The predicted molar refractivity (Wildman–Crippen MR) is 75.8 cm³/mol. The topological polar surface area (TPSA) is 107 Å². The number of carboxylic acids is 1. The van der Waals surface area contributed by atoms with Crippen LogP contribution in [-0.4, -0.2) is 65.3 Å². The second-order valence-corrected chi connectivity index (χ2v) is 4.82. The number of nitro groups is 1. The monoisotopic (exact) mass is 295 g/mol. The number of hydrogen-bond acceptors (Lipinski definition) is 6. The number of β-amino-alcohol motifs (C(OH)–C–C–N with tert-alkyl or cyclic N) is 1. The molecule has 1 aromatic carbocycles. The first-order valence-corrected chi connectivity index (χ1v) is 6.63. The highest BCUT2D eigenvalue weighted by Gasteiger charge is 2.24. The fourth-order valence-corrected chi connectivity index (χ4v) is 2.42. The third-order valence-electron chi connectivity index (χ3n) is 3.55. The number of aliphatic hydroxyl groups is 1. The molecule has 21 heavy (non-hydrogen) atoms. The maximum Gasteiger partial charge on any atom is 0.335 e. The van der Waals surface area contributed by atoms with Crippen LogP contribution in [-0.2, 0) is 0 Å². The molecule has 0 atom stereocenters. The Balaban J connectivity index is 2.23. The van der Waals surface area contributed by atoms with E-state index in [4.69, 9.17) is 10.2 Å². The summed E-state index contributed by atoms with van der Waals surface area (Å²) in [6, 6.07) is 3.83. The third-order valence-corrected chi connectivity index (χ3v) is 3.55. The van der Waals surface area contributed by atoms with E-state index in [-0.39, 0.29) is 17.9 Å². The lowest BCUT2D eigenvalue weighted by molar-refractivity contribution is -0.384. The lowest BCUT2D eigenvalue weighted by Crippen LogP contribution is -2.47. The lowest BCUT2D eigenvalue weighted by Gasteiger charge is -2.35. The van der Waals surface area contributed by atoms with Gasteiger partial charge in [-0.3, -0.25) is 15.0 Å². The van der Waals surface area contributed by atoms with E-state index in [1.165, 1.54) is 18.2 Å². The Kier molecular flexibility index (Phi) is 4.71. The van der Waals surface area contributed by atoms with Gasteiger partial charge < -0.3 is 15.1 Å². The van der Waals surface area contributed by atoms with E-state index in [1.807, 2.05) is 4.90 Å². The smallest absolute Gasteiger partial charge is 0.335 e. The Morgan fingerprint density at radius 2 is 1.95 bits per heavy atom. The average Bonchev–Trinajstić information content (AvgIpc) is 2.47. The molecule has 114 valence electrons. The van der Waals surface area contributed by atoms with Gasteiger partial charge in [0.15, 0.2) is 0 Å². The van der Waals surface area contributed by atoms with E-state index in [2.05, 4.69) is 4.90 Å². The van der Waals surface area contributed by atoms with Crippen LogP contribution in [0.25, 0.3) is 0 Å². The molecule has 2 N–H and O–H groups in total. The molecule has 0 saturated carbocycles. The molecule has 1 fully saturated rings. The molecule has 8 nitrogen and oxygen atoms in total. The molecule has 1 aliphatic heterocycles. The van der Waals surface area contributed by atoms with Crippen molar-refractivity contribution in [1.82, 2.24) is 4.90 Å². The predicted octanol–water partition coefficient (Wildman–Crippen LogP) is 0.407. The van der Waals surface area contributed by atoms with Crippen molar-refractivity contribution in [3.63, 3.8) is 0 Å². The van der Waals surface area contributed by atoms with Gasteiger partial charge >= 0.3 is 5.97 Å². The van der Waals surface area contributed by atoms with Crippen molar-refractivity contribution in [2.24, 2.45) is 0 Å². The second kappa shape index (κ2) is 6.51. The number of nitrogens with zero attached hydrogens (tertiary/aromatic N) is 3. The van der Waals surface area contributed by atoms with E-state index in [9.17, 15) is 14.9 Å². The molecular formula is C13H17N3O5. The van der Waals surface area contributed by atoms with E-state index in [0.29, 0.717) is 38.4 Å². The van der Waals surface area contributed by atoms with Gasteiger partial charge in [-0.1, -0.05) is 0 Å². The molecule has 0 unspecified atom stereocenters. The molecule has 0 amide bonds. The van der Waals surface area contributed by atoms with E-state index < -0.39 is 10.9 Å². The highest BCUT2D eigenvalue weighted by atomic mass is 16.6. The Labute approximate surface area is 121 Å². The number of carboxylic acid groups (broad SMARTS) is 1. The van der Waals surface area contributed by atoms with Crippen molar-refractivity contribution in [3.8, 4) is 0 Å². The number of piperazine rings is 1. The number of rotatable bonds is 5. The zero-order valence-corrected chi connectivity index (χ0v) is 11.4. The van der Waals surface area contributed by atoms with Gasteiger partial charge in [-0.2, -0.15) is 0 Å². The first-order valence-electron chi connectivity index (χ1n) is 6.63. The molecule has 1 heterocycles. The van der Waals surface area contributed by atoms with Crippen molar-refractivity contribution in [2.75, 3.05) is 44.2 Å². The summed E-state index contributed by atoms with van der Waals surface area (Å²) in [5, 5.41) is 29.0. The fraction of sp³-hybridized carbons (Fsp3) is 0.462. The number of nitro benzene ring substituents is 1. The standard InChI is InChI=1S/C13H17N3O5/c17-8-7-14-3-5-15(6-4-14)12-9-10(13(18)19)1-2-11(12)16(20)21/h1-2,9,17H,3-8H2,(H,18,19). The molecular weight excluding hydrogens is 278 g/mol. The van der Waals surface area contributed by atoms with Crippen molar-refractivity contribution >= 4 is 17.3 Å². The van der Waals surface area contributed by atoms with Gasteiger partial charge in [0.2, 0.25) is 0 Å². The number of aliphatic hydroxyl groups excluding tert-OH is 1. The summed E-state index contributed by atoms with van der Waals surface area (Å²) in [5.41, 5.74) is 0.285. The average molecular weight is 295 g/mol. The molecule has 1 aliphatic rings. The van der Waals surface area contributed by atoms with Crippen molar-refractivity contribution in [1.29, 1.82) is 0 Å². The number of aromatic carboxylic acids is 1. The maximum absolute atomic E-state index is 11.1. The number of anilines is 1. The van der Waals surface area contributed by atoms with Crippen LogP contribution < -0.4 is 4.90 Å². The first-order chi connectivity index (χ1) is 10.0. The molecule has 0 spiro atoms. The quantitative estimate of drug-likeness (QED) is 0.598. The summed E-state index contributed by atoms with van der Waals surface area (Å²) in [4.78, 5) is 25.5. The van der Waals surface area contributed by atoms with Crippen molar-refractivity contribution < 1.29 is 19.9 Å². The van der Waals surface area contributed by atoms with Crippen LogP contribution in [0.1, 0.15) is 10.4 Å². The third kappa shape index (κ3) is 3.47. The largest absolute Gasteiger partial charge is 0.478 e. The van der Waals surface area contributed by atoms with Crippen molar-refractivity contribution in [2.45, 2.75) is 0 Å². The summed E-state index contributed by atoms with van der Waals surface area (Å²) >= 11 is 0. The molecule has 0 aliphatic carbocycles. The minimum absolute atomic E-state index is 0.0355. The van der Waals surface area contributed by atoms with Gasteiger partial charge in [0.1, 0.15) is 5.69 Å². The van der Waals surface area contributed by atoms with Gasteiger partial charge in [-0.25, -0.2) is 4.79 Å². The first kappa shape index (κ1) is 15.2. The zero-order valence-electron chi connectivity index (χ0n) is 11.4. The van der Waals surface area contributed by atoms with Gasteiger partial charge in [-0.15, -0.1) is 0 Å². The van der Waals surface area contributed by atoms with Gasteiger partial charge in [-0.05, 0) is 12.1 Å². The summed E-state index contributed by atoms with van der Waals surface area (Å²) in [7, 11) is 0. The Hall–Kier alpha value is -2.19. The van der Waals surface area contributed by atoms with E-state index >= 15 is 0 Å². The van der Waals surface area contributed by atoms with Crippen molar-refractivity contribution in [3.05, 3.63) is 33.9 Å². The minimum Gasteiger partial charge on any atom is -0.478 e. The van der Waals surface area contributed by atoms with E-state index in [1.54, 1.807) is 0 Å². The Morgan fingerprint density at radius 3 is 2.48 bits per heavy atom. The van der Waals surface area contributed by atoms with Crippen LogP contribution in [0.3, 0.4) is 0 Å². The van der Waals surface area contributed by atoms with Crippen LogP contribution in [0, 0.1) is 10.1 Å². The highest BCUT2D eigenvalue weighted by molar-refractivity contribution is 5.90. The summed E-state index contributed by atoms with van der Waals surface area (Å²) in [6.07, 6.45) is 0. The molecule has 1 aromatic rings. The lowest BCUT2D eigenvalue weighted by atomic mass is 10.1. The molecule has 0 bridgehead atoms. The van der Waals surface area contributed by atoms with Gasteiger partial charge in [0.05, 0.1) is 17.1 Å². The van der Waals surface area contributed by atoms with Crippen LogP contribution in [0.4, 0.5) is 11.4 Å². The second-order valence-electron chi connectivity index (χ2n) is 4.82. The fourth-order valence-electron chi connectivity index (χ4n) is 2.42. The molecule has 1 saturated heterocycles. The minimum atomic E-state index is -1.11. The van der Waals surface area contributed by atoms with Gasteiger partial charge in [0.25, 0.3) is 5.69 Å². The summed E-state index contributed by atoms with van der Waals surface area (Å²) < 4.78 is 0. The summed E-state index contributed by atoms with van der Waals surface area (Å²) in [6.45, 7) is 3.12. The highest BCUT2D eigenvalue weighted by Crippen LogP contribution is 2.30. The Morgan fingerprint density at radius 1 is 1.29 bits per heavy atom. The maximum atomic E-state index is 11.1. The van der Waals surface area contributed by atoms with Crippen LogP contribution in [0.2, 0.25) is 0 Å². The Bertz CT molecular complexity index is 541. The zero-order chi connectivity index (χ0) is 15.4. The van der Waals surface area contributed by atoms with Gasteiger partial charge in [0, 0.05) is 38.8 Å². The van der Waals surface area contributed by atoms with Crippen LogP contribution >= 0.6 is 0 Å². The number of benzene rings is 1. The molecule has 2 rings (SSSR count). The number of carbonyl (C=O) groups is 1. The number of hydrogen-bond donors (Lipinski definition) is 2. The molecule has 8 heteroatoms. The molecule has 0 aromatic heterocycles. The summed E-state index contributed by atoms with van der Waals surface area (Å²) in [5.74, 6) is -1.11. The van der Waals surface area contributed by atoms with Crippen LogP contribution in [0.15, 0.2) is 18.2 Å². The van der Waals surface area contributed by atoms with Crippen LogP contribution in [0.5, 0.6) is 0 Å². The molecule has 0 radical (unpaired) electrons. The SMILES string of the molecule is O=C(O)c1ccc([N+](=O)[O-])c(N2CCN(CCO)CC2)c1.